The minimum Gasteiger partial charge on any atom is -0.507 e. The number of amides is 1. The molecule has 8 heteroatoms. The molecule has 1 heterocycles. The fourth-order valence-corrected chi connectivity index (χ4v) is 3.87. The number of aliphatic hydroxyl groups excluding tert-OH is 1. The number of hydrogen-bond acceptors (Lipinski definition) is 7. The lowest BCUT2D eigenvalue weighted by Gasteiger charge is -2.25. The van der Waals surface area contributed by atoms with Gasteiger partial charge in [-0.15, -0.1) is 0 Å². The van der Waals surface area contributed by atoms with Crippen molar-refractivity contribution in [1.82, 2.24) is 4.90 Å². The van der Waals surface area contributed by atoms with Crippen LogP contribution in [0.25, 0.3) is 5.76 Å². The number of unbranched alkanes of at least 4 members (excludes halogenated alkanes) is 1. The van der Waals surface area contributed by atoms with E-state index in [9.17, 15) is 14.7 Å². The molecule has 1 fully saturated rings. The van der Waals surface area contributed by atoms with Gasteiger partial charge >= 0.3 is 0 Å². The highest BCUT2D eigenvalue weighted by molar-refractivity contribution is 6.46. The van der Waals surface area contributed by atoms with E-state index in [4.69, 9.17) is 18.9 Å². The summed E-state index contributed by atoms with van der Waals surface area (Å²) in [6.07, 6.45) is 1.90. The molecule has 1 saturated heterocycles. The van der Waals surface area contributed by atoms with Gasteiger partial charge in [-0.05, 0) is 36.2 Å². The molecule has 0 bridgehead atoms. The van der Waals surface area contributed by atoms with Crippen LogP contribution in [0.2, 0.25) is 0 Å². The molecule has 1 aliphatic rings. The first-order valence-electron chi connectivity index (χ1n) is 11.2. The van der Waals surface area contributed by atoms with Crippen molar-refractivity contribution in [1.29, 1.82) is 0 Å². The number of Topliss-reactive ketones (excluding diaryl/α,β-unsaturated/α-hetero) is 1. The van der Waals surface area contributed by atoms with Crippen molar-refractivity contribution in [3.63, 3.8) is 0 Å². The molecule has 182 valence electrons. The van der Waals surface area contributed by atoms with E-state index in [-0.39, 0.29) is 24.5 Å². The van der Waals surface area contributed by atoms with Crippen LogP contribution in [0, 0.1) is 0 Å². The lowest BCUT2D eigenvalue weighted by Crippen LogP contribution is -2.32. The fraction of sp³-hybridized carbons (Fsp3) is 0.385. The molecule has 34 heavy (non-hydrogen) atoms. The first-order chi connectivity index (χ1) is 16.5. The zero-order valence-electron chi connectivity index (χ0n) is 20.0. The Hall–Kier alpha value is -3.52. The Labute approximate surface area is 199 Å². The number of aliphatic hydroxyl groups is 1. The highest BCUT2D eigenvalue weighted by atomic mass is 16.5. The molecule has 1 amide bonds. The van der Waals surface area contributed by atoms with Gasteiger partial charge in [-0.3, -0.25) is 9.59 Å². The molecule has 2 aromatic rings. The third-order valence-electron chi connectivity index (χ3n) is 5.68. The number of likely N-dealkylation sites (tertiary alicyclic amines) is 1. The Balaban J connectivity index is 2.12. The summed E-state index contributed by atoms with van der Waals surface area (Å²) in [4.78, 5) is 27.5. The lowest BCUT2D eigenvalue weighted by molar-refractivity contribution is -0.140. The van der Waals surface area contributed by atoms with Gasteiger partial charge in [0.2, 0.25) is 0 Å². The SMILES string of the molecule is CCCCOc1ccc(C2/C(=C(/O)c3cccc(OC)c3)C(=O)C(=O)N2CCOC)cc1OC. The highest BCUT2D eigenvalue weighted by Crippen LogP contribution is 2.42. The number of carbonyl (C=O) groups is 2. The number of methoxy groups -OCH3 is 3. The van der Waals surface area contributed by atoms with E-state index in [2.05, 4.69) is 6.92 Å². The van der Waals surface area contributed by atoms with E-state index in [1.54, 1.807) is 42.5 Å². The van der Waals surface area contributed by atoms with E-state index in [1.165, 1.54) is 26.2 Å². The largest absolute Gasteiger partial charge is 0.507 e. The zero-order valence-corrected chi connectivity index (χ0v) is 20.0. The summed E-state index contributed by atoms with van der Waals surface area (Å²) in [6, 6.07) is 11.1. The predicted molar refractivity (Wildman–Crippen MR) is 127 cm³/mol. The van der Waals surface area contributed by atoms with Crippen LogP contribution in [-0.4, -0.2) is 62.8 Å². The molecule has 1 N–H and O–H groups in total. The van der Waals surface area contributed by atoms with E-state index in [1.807, 2.05) is 0 Å². The number of hydrogen-bond donors (Lipinski definition) is 1. The zero-order chi connectivity index (χ0) is 24.7. The molecule has 1 unspecified atom stereocenters. The molecule has 0 spiro atoms. The van der Waals surface area contributed by atoms with Gasteiger partial charge in [0, 0.05) is 19.2 Å². The molecule has 8 nitrogen and oxygen atoms in total. The molecule has 1 atom stereocenters. The van der Waals surface area contributed by atoms with E-state index in [0.29, 0.717) is 35.0 Å². The van der Waals surface area contributed by atoms with Crippen molar-refractivity contribution >= 4 is 17.4 Å². The molecular weight excluding hydrogens is 438 g/mol. The van der Waals surface area contributed by atoms with Crippen molar-refractivity contribution in [3.05, 3.63) is 59.2 Å². The maximum absolute atomic E-state index is 13.1. The number of benzene rings is 2. The van der Waals surface area contributed by atoms with Gasteiger partial charge in [-0.25, -0.2) is 0 Å². The molecule has 2 aromatic carbocycles. The van der Waals surface area contributed by atoms with Crippen LogP contribution in [-0.2, 0) is 14.3 Å². The summed E-state index contributed by atoms with van der Waals surface area (Å²) in [7, 11) is 4.57. The van der Waals surface area contributed by atoms with Crippen molar-refractivity contribution in [3.8, 4) is 17.2 Å². The van der Waals surface area contributed by atoms with Crippen LogP contribution < -0.4 is 14.2 Å². The van der Waals surface area contributed by atoms with Crippen LogP contribution in [0.5, 0.6) is 17.2 Å². The van der Waals surface area contributed by atoms with Crippen molar-refractivity contribution in [2.24, 2.45) is 0 Å². The second kappa shape index (κ2) is 11.6. The number of ether oxygens (including phenoxy) is 4. The second-order valence-electron chi connectivity index (χ2n) is 7.83. The fourth-order valence-electron chi connectivity index (χ4n) is 3.87. The van der Waals surface area contributed by atoms with E-state index in [0.717, 1.165) is 12.8 Å². The summed E-state index contributed by atoms with van der Waals surface area (Å²) in [5, 5.41) is 11.2. The minimum absolute atomic E-state index is 0.00365. The van der Waals surface area contributed by atoms with Crippen molar-refractivity contribution in [2.75, 3.05) is 41.1 Å². The van der Waals surface area contributed by atoms with Gasteiger partial charge in [-0.1, -0.05) is 31.5 Å². The number of carbonyl (C=O) groups excluding carboxylic acids is 2. The smallest absolute Gasteiger partial charge is 0.295 e. The van der Waals surface area contributed by atoms with Crippen LogP contribution in [0.4, 0.5) is 0 Å². The number of rotatable bonds is 11. The Morgan fingerprint density at radius 1 is 1.00 bits per heavy atom. The highest BCUT2D eigenvalue weighted by Gasteiger charge is 2.46. The van der Waals surface area contributed by atoms with Crippen LogP contribution in [0.15, 0.2) is 48.0 Å². The molecular formula is C26H31NO7. The third kappa shape index (κ3) is 5.17. The summed E-state index contributed by atoms with van der Waals surface area (Å²) >= 11 is 0. The summed E-state index contributed by atoms with van der Waals surface area (Å²) in [5.41, 5.74) is 0.982. The maximum atomic E-state index is 13.1. The Morgan fingerprint density at radius 3 is 2.47 bits per heavy atom. The molecule has 0 saturated carbocycles. The molecule has 0 aromatic heterocycles. The average Bonchev–Trinajstić information content (AvgIpc) is 3.12. The maximum Gasteiger partial charge on any atom is 0.295 e. The van der Waals surface area contributed by atoms with Crippen LogP contribution >= 0.6 is 0 Å². The van der Waals surface area contributed by atoms with Gasteiger partial charge in [0.05, 0.1) is 39.0 Å². The molecule has 0 aliphatic carbocycles. The predicted octanol–water partition coefficient (Wildman–Crippen LogP) is 3.95. The number of nitrogens with zero attached hydrogens (tertiary/aromatic N) is 1. The second-order valence-corrected chi connectivity index (χ2v) is 7.83. The van der Waals surface area contributed by atoms with Gasteiger partial charge in [0.15, 0.2) is 11.5 Å². The summed E-state index contributed by atoms with van der Waals surface area (Å²) in [6.45, 7) is 3.04. The normalized spacial score (nSPS) is 17.2. The third-order valence-corrected chi connectivity index (χ3v) is 5.68. The van der Waals surface area contributed by atoms with Gasteiger partial charge in [0.1, 0.15) is 11.5 Å². The Morgan fingerprint density at radius 2 is 1.79 bits per heavy atom. The minimum atomic E-state index is -0.819. The first-order valence-corrected chi connectivity index (χ1v) is 11.2. The van der Waals surface area contributed by atoms with E-state index < -0.39 is 17.7 Å². The van der Waals surface area contributed by atoms with Crippen LogP contribution in [0.3, 0.4) is 0 Å². The molecule has 3 rings (SSSR count). The van der Waals surface area contributed by atoms with E-state index >= 15 is 0 Å². The quantitative estimate of drug-likeness (QED) is 0.230. The van der Waals surface area contributed by atoms with Gasteiger partial charge in [0.25, 0.3) is 11.7 Å². The van der Waals surface area contributed by atoms with Gasteiger partial charge < -0.3 is 29.0 Å². The monoisotopic (exact) mass is 469 g/mol. The van der Waals surface area contributed by atoms with Crippen molar-refractivity contribution < 1.29 is 33.6 Å². The summed E-state index contributed by atoms with van der Waals surface area (Å²) in [5.74, 6) is -0.167. The number of ketones is 1. The molecule has 0 radical (unpaired) electrons. The van der Waals surface area contributed by atoms with Gasteiger partial charge in [-0.2, -0.15) is 0 Å². The standard InChI is InChI=1S/C26H31NO7/c1-5-6-13-34-20-11-10-17(16-21(20)33-4)23-22(25(29)26(30)27(23)12-14-31-2)24(28)18-8-7-9-19(15-18)32-3/h7-11,15-16,23,28H,5-6,12-14H2,1-4H3/b24-22-. The molecule has 1 aliphatic heterocycles. The topological polar surface area (TPSA) is 94.5 Å². The Kier molecular flexibility index (Phi) is 8.54. The summed E-state index contributed by atoms with van der Waals surface area (Å²) < 4.78 is 21.7. The first kappa shape index (κ1) is 25.1. The van der Waals surface area contributed by atoms with Crippen LogP contribution in [0.1, 0.15) is 36.9 Å². The van der Waals surface area contributed by atoms with Crippen molar-refractivity contribution in [2.45, 2.75) is 25.8 Å². The average molecular weight is 470 g/mol. The lowest BCUT2D eigenvalue weighted by atomic mass is 9.95. The Bertz CT molecular complexity index is 1060.